The first kappa shape index (κ1) is 20.2. The van der Waals surface area contributed by atoms with E-state index in [1.807, 2.05) is 12.1 Å². The molecular weight excluding hydrogens is 330 g/mol. The van der Waals surface area contributed by atoms with Crippen LogP contribution < -0.4 is 5.32 Å². The monoisotopic (exact) mass is 365 g/mol. The maximum Gasteiger partial charge on any atom is 0.169 e. The SMILES string of the molecule is CCCCCC(CC)NC(=S)N(Cc1ccco1)C1CCN(C)CC1. The summed E-state index contributed by atoms with van der Waals surface area (Å²) in [5.74, 6) is 0.988. The molecule has 1 aromatic heterocycles. The summed E-state index contributed by atoms with van der Waals surface area (Å²) in [6, 6.07) is 4.97. The Bertz CT molecular complexity index is 483. The second kappa shape index (κ2) is 10.8. The molecular formula is C20H35N3OS. The summed E-state index contributed by atoms with van der Waals surface area (Å²) in [7, 11) is 2.20. The Hall–Kier alpha value is -1.07. The van der Waals surface area contributed by atoms with Gasteiger partial charge in [0.25, 0.3) is 0 Å². The van der Waals surface area contributed by atoms with Crippen LogP contribution in [0.15, 0.2) is 22.8 Å². The predicted molar refractivity (Wildman–Crippen MR) is 109 cm³/mol. The van der Waals surface area contributed by atoms with E-state index in [4.69, 9.17) is 16.6 Å². The second-order valence-corrected chi connectivity index (χ2v) is 7.68. The van der Waals surface area contributed by atoms with E-state index in [2.05, 4.69) is 36.0 Å². The van der Waals surface area contributed by atoms with E-state index in [1.54, 1.807) is 6.26 Å². The van der Waals surface area contributed by atoms with E-state index < -0.39 is 0 Å². The molecule has 1 aromatic rings. The minimum atomic E-state index is 0.476. The predicted octanol–water partition coefficient (Wildman–Crippen LogP) is 4.41. The van der Waals surface area contributed by atoms with Gasteiger partial charge in [-0.15, -0.1) is 0 Å². The minimum Gasteiger partial charge on any atom is -0.467 e. The van der Waals surface area contributed by atoms with E-state index >= 15 is 0 Å². The van der Waals surface area contributed by atoms with Gasteiger partial charge in [0.2, 0.25) is 0 Å². The average Bonchev–Trinajstić information content (AvgIpc) is 3.13. The lowest BCUT2D eigenvalue weighted by molar-refractivity contribution is 0.164. The first-order valence-electron chi connectivity index (χ1n) is 9.92. The molecule has 0 radical (unpaired) electrons. The van der Waals surface area contributed by atoms with Crippen LogP contribution in [0.2, 0.25) is 0 Å². The van der Waals surface area contributed by atoms with Crippen molar-refractivity contribution in [2.45, 2.75) is 77.4 Å². The summed E-state index contributed by atoms with van der Waals surface area (Å²) in [6.07, 6.45) is 10.2. The highest BCUT2D eigenvalue weighted by Crippen LogP contribution is 2.19. The van der Waals surface area contributed by atoms with Gasteiger partial charge in [-0.3, -0.25) is 0 Å². The van der Waals surface area contributed by atoms with Crippen LogP contribution in [-0.4, -0.2) is 47.1 Å². The Morgan fingerprint density at radius 2 is 2.12 bits per heavy atom. The Balaban J connectivity index is 1.98. The number of unbranched alkanes of at least 4 members (excludes halogenated alkanes) is 2. The zero-order chi connectivity index (χ0) is 18.1. The molecule has 4 nitrogen and oxygen atoms in total. The summed E-state index contributed by atoms with van der Waals surface area (Å²) in [5, 5.41) is 4.55. The number of hydrogen-bond acceptors (Lipinski definition) is 3. The molecule has 0 aliphatic carbocycles. The van der Waals surface area contributed by atoms with Gasteiger partial charge in [-0.05, 0) is 70.2 Å². The van der Waals surface area contributed by atoms with Crippen LogP contribution in [0, 0.1) is 0 Å². The summed E-state index contributed by atoms with van der Waals surface area (Å²) in [4.78, 5) is 4.77. The van der Waals surface area contributed by atoms with Crippen molar-refractivity contribution < 1.29 is 4.42 Å². The van der Waals surface area contributed by atoms with Gasteiger partial charge in [0.05, 0.1) is 12.8 Å². The molecule has 0 amide bonds. The molecule has 0 aromatic carbocycles. The van der Waals surface area contributed by atoms with Crippen LogP contribution in [0.25, 0.3) is 0 Å². The molecule has 1 N–H and O–H groups in total. The number of nitrogens with one attached hydrogen (secondary N) is 1. The summed E-state index contributed by atoms with van der Waals surface area (Å²) in [5.41, 5.74) is 0. The Morgan fingerprint density at radius 3 is 2.72 bits per heavy atom. The molecule has 1 unspecified atom stereocenters. The van der Waals surface area contributed by atoms with E-state index in [9.17, 15) is 0 Å². The zero-order valence-corrected chi connectivity index (χ0v) is 17.0. The molecule has 1 aliphatic heterocycles. The second-order valence-electron chi connectivity index (χ2n) is 7.29. The minimum absolute atomic E-state index is 0.476. The van der Waals surface area contributed by atoms with Crippen LogP contribution in [-0.2, 0) is 6.54 Å². The van der Waals surface area contributed by atoms with Crippen molar-refractivity contribution in [1.29, 1.82) is 0 Å². The number of rotatable bonds is 9. The smallest absolute Gasteiger partial charge is 0.169 e. The van der Waals surface area contributed by atoms with Crippen molar-refractivity contribution in [3.63, 3.8) is 0 Å². The van der Waals surface area contributed by atoms with Crippen LogP contribution in [0.5, 0.6) is 0 Å². The molecule has 1 saturated heterocycles. The van der Waals surface area contributed by atoms with Crippen molar-refractivity contribution in [2.75, 3.05) is 20.1 Å². The Kier molecular flexibility index (Phi) is 8.76. The number of thiocarbonyl (C=S) groups is 1. The maximum atomic E-state index is 5.84. The first-order valence-corrected chi connectivity index (χ1v) is 10.3. The molecule has 25 heavy (non-hydrogen) atoms. The number of likely N-dealkylation sites (tertiary alicyclic amines) is 1. The van der Waals surface area contributed by atoms with Gasteiger partial charge in [-0.25, -0.2) is 0 Å². The third kappa shape index (κ3) is 6.63. The molecule has 5 heteroatoms. The first-order chi connectivity index (χ1) is 12.1. The molecule has 1 fully saturated rings. The van der Waals surface area contributed by atoms with Gasteiger partial charge in [0.15, 0.2) is 5.11 Å². The highest BCUT2D eigenvalue weighted by atomic mass is 32.1. The molecule has 2 heterocycles. The summed E-state index contributed by atoms with van der Waals surface area (Å²) in [6.45, 7) is 7.53. The maximum absolute atomic E-state index is 5.84. The highest BCUT2D eigenvalue weighted by Gasteiger charge is 2.26. The van der Waals surface area contributed by atoms with Crippen molar-refractivity contribution in [2.24, 2.45) is 0 Å². The van der Waals surface area contributed by atoms with Crippen LogP contribution in [0.4, 0.5) is 0 Å². The summed E-state index contributed by atoms with van der Waals surface area (Å²) >= 11 is 5.84. The molecule has 0 spiro atoms. The topological polar surface area (TPSA) is 31.6 Å². The number of furan rings is 1. The number of hydrogen-bond donors (Lipinski definition) is 1. The van der Waals surface area contributed by atoms with Gasteiger partial charge in [0, 0.05) is 12.1 Å². The van der Waals surface area contributed by atoms with E-state index in [-0.39, 0.29) is 0 Å². The fraction of sp³-hybridized carbons (Fsp3) is 0.750. The van der Waals surface area contributed by atoms with Crippen LogP contribution >= 0.6 is 12.2 Å². The quantitative estimate of drug-likeness (QED) is 0.517. The van der Waals surface area contributed by atoms with Crippen molar-refractivity contribution in [3.8, 4) is 0 Å². The van der Waals surface area contributed by atoms with Gasteiger partial charge in [0.1, 0.15) is 5.76 Å². The third-order valence-electron chi connectivity index (χ3n) is 5.27. The lowest BCUT2D eigenvalue weighted by Crippen LogP contribution is -2.51. The lowest BCUT2D eigenvalue weighted by Gasteiger charge is -2.39. The third-order valence-corrected chi connectivity index (χ3v) is 5.62. The molecule has 0 saturated carbocycles. The van der Waals surface area contributed by atoms with Crippen molar-refractivity contribution in [3.05, 3.63) is 24.2 Å². The van der Waals surface area contributed by atoms with Crippen LogP contribution in [0.3, 0.4) is 0 Å². The zero-order valence-electron chi connectivity index (χ0n) is 16.2. The normalized spacial score (nSPS) is 17.4. The van der Waals surface area contributed by atoms with Crippen LogP contribution in [0.1, 0.15) is 64.6 Å². The molecule has 0 bridgehead atoms. The van der Waals surface area contributed by atoms with E-state index in [0.29, 0.717) is 12.1 Å². The fourth-order valence-corrected chi connectivity index (χ4v) is 3.90. The summed E-state index contributed by atoms with van der Waals surface area (Å²) < 4.78 is 5.60. The standard InChI is InChI=1S/C20H35N3OS/c1-4-6-7-9-17(5-2)21-20(25)23(16-19-10-8-15-24-19)18-11-13-22(3)14-12-18/h8,10,15,17-18H,4-7,9,11-14,16H2,1-3H3,(H,21,25). The largest absolute Gasteiger partial charge is 0.467 e. The Labute approximate surface area is 158 Å². The average molecular weight is 366 g/mol. The van der Waals surface area contributed by atoms with Crippen molar-refractivity contribution in [1.82, 2.24) is 15.1 Å². The van der Waals surface area contributed by atoms with Gasteiger partial charge in [-0.2, -0.15) is 0 Å². The van der Waals surface area contributed by atoms with Gasteiger partial charge in [-0.1, -0.05) is 33.1 Å². The van der Waals surface area contributed by atoms with Gasteiger partial charge >= 0.3 is 0 Å². The lowest BCUT2D eigenvalue weighted by atomic mass is 10.0. The fourth-order valence-electron chi connectivity index (χ4n) is 3.52. The molecule has 2 rings (SSSR count). The Morgan fingerprint density at radius 1 is 1.36 bits per heavy atom. The van der Waals surface area contributed by atoms with E-state index in [1.165, 1.54) is 25.7 Å². The van der Waals surface area contributed by atoms with E-state index in [0.717, 1.165) is 49.8 Å². The number of nitrogens with zero attached hydrogens (tertiary/aromatic N) is 2. The van der Waals surface area contributed by atoms with Gasteiger partial charge < -0.3 is 19.5 Å². The van der Waals surface area contributed by atoms with Crippen molar-refractivity contribution >= 4 is 17.3 Å². The molecule has 1 atom stereocenters. The highest BCUT2D eigenvalue weighted by molar-refractivity contribution is 7.80. The molecule has 1 aliphatic rings. The number of piperidine rings is 1. The molecule has 142 valence electrons.